The molecule has 0 aliphatic carbocycles. The predicted octanol–water partition coefficient (Wildman–Crippen LogP) is 3.41. The zero-order valence-electron chi connectivity index (χ0n) is 19.9. The molecular formula is C23H37N7O2. The Hall–Kier alpha value is -3.10. The van der Waals surface area contributed by atoms with Gasteiger partial charge >= 0.3 is 6.09 Å². The van der Waals surface area contributed by atoms with Gasteiger partial charge in [0.25, 0.3) is 0 Å². The lowest BCUT2D eigenvalue weighted by Gasteiger charge is -2.24. The first kappa shape index (κ1) is 25.2. The van der Waals surface area contributed by atoms with Gasteiger partial charge in [-0.15, -0.1) is 0 Å². The Morgan fingerprint density at radius 2 is 2.06 bits per heavy atom. The normalized spacial score (nSPS) is 12.8. The van der Waals surface area contributed by atoms with Crippen LogP contribution in [-0.4, -0.2) is 51.5 Å². The van der Waals surface area contributed by atoms with E-state index in [0.717, 1.165) is 37.2 Å². The number of pyridine rings is 1. The number of aromatic nitrogens is 3. The van der Waals surface area contributed by atoms with Crippen molar-refractivity contribution in [3.63, 3.8) is 0 Å². The van der Waals surface area contributed by atoms with E-state index in [9.17, 15) is 4.79 Å². The second-order valence-corrected chi connectivity index (χ2v) is 8.53. The molecule has 0 saturated heterocycles. The van der Waals surface area contributed by atoms with Crippen molar-refractivity contribution in [2.75, 3.05) is 13.1 Å². The molecule has 0 aliphatic heterocycles. The molecule has 2 aromatic heterocycles. The van der Waals surface area contributed by atoms with E-state index >= 15 is 0 Å². The van der Waals surface area contributed by atoms with E-state index in [-0.39, 0.29) is 6.04 Å². The highest BCUT2D eigenvalue weighted by Gasteiger charge is 2.18. The molecule has 0 radical (unpaired) electrons. The zero-order valence-corrected chi connectivity index (χ0v) is 19.9. The molecule has 9 heteroatoms. The Labute approximate surface area is 191 Å². The third kappa shape index (κ3) is 9.36. The van der Waals surface area contributed by atoms with Crippen molar-refractivity contribution >= 4 is 12.1 Å². The minimum Gasteiger partial charge on any atom is -0.444 e. The number of nitrogens with one attached hydrogen (secondary N) is 3. The molecule has 0 spiro atoms. The fourth-order valence-corrected chi connectivity index (χ4v) is 2.97. The second-order valence-electron chi connectivity index (χ2n) is 8.53. The molecule has 1 amide bonds. The lowest BCUT2D eigenvalue weighted by Crippen LogP contribution is -2.49. The zero-order chi connectivity index (χ0) is 23.4. The molecule has 176 valence electrons. The van der Waals surface area contributed by atoms with Crippen molar-refractivity contribution < 1.29 is 9.53 Å². The van der Waals surface area contributed by atoms with Crippen LogP contribution in [0.15, 0.2) is 41.8 Å². The molecule has 1 atom stereocenters. The molecule has 2 rings (SSSR count). The average Bonchev–Trinajstić information content (AvgIpc) is 3.28. The smallest absolute Gasteiger partial charge is 0.407 e. The van der Waals surface area contributed by atoms with E-state index in [1.54, 1.807) is 17.1 Å². The van der Waals surface area contributed by atoms with Crippen LogP contribution in [0.5, 0.6) is 0 Å². The van der Waals surface area contributed by atoms with E-state index in [1.165, 1.54) is 0 Å². The number of unbranched alkanes of at least 4 members (excludes halogenated alkanes) is 1. The van der Waals surface area contributed by atoms with Crippen LogP contribution in [-0.2, 0) is 11.3 Å². The summed E-state index contributed by atoms with van der Waals surface area (Å²) in [5, 5.41) is 13.8. The van der Waals surface area contributed by atoms with Crippen LogP contribution in [0.3, 0.4) is 0 Å². The van der Waals surface area contributed by atoms with Crippen LogP contribution < -0.4 is 16.0 Å². The SMILES string of the molecule is CCCCC(CNC(=O)OC(C)(C)C)NC(=NCc1ccnc(-n2cccn2)c1)NCC. The van der Waals surface area contributed by atoms with Gasteiger partial charge in [0, 0.05) is 37.7 Å². The summed E-state index contributed by atoms with van der Waals surface area (Å²) >= 11 is 0. The van der Waals surface area contributed by atoms with Crippen molar-refractivity contribution in [2.45, 2.75) is 72.1 Å². The van der Waals surface area contributed by atoms with Crippen LogP contribution in [0, 0.1) is 0 Å². The molecule has 1 unspecified atom stereocenters. The van der Waals surface area contributed by atoms with Crippen LogP contribution >= 0.6 is 0 Å². The summed E-state index contributed by atoms with van der Waals surface area (Å²) in [5.41, 5.74) is 0.506. The first-order valence-electron chi connectivity index (χ1n) is 11.3. The van der Waals surface area contributed by atoms with Crippen molar-refractivity contribution in [1.29, 1.82) is 0 Å². The molecule has 32 heavy (non-hydrogen) atoms. The van der Waals surface area contributed by atoms with Gasteiger partial charge in [0.1, 0.15) is 5.60 Å². The quantitative estimate of drug-likeness (QED) is 0.384. The number of carbonyl (C=O) groups is 1. The monoisotopic (exact) mass is 443 g/mol. The third-order valence-electron chi connectivity index (χ3n) is 4.45. The van der Waals surface area contributed by atoms with Crippen molar-refractivity contribution in [3.8, 4) is 5.82 Å². The highest BCUT2D eigenvalue weighted by Crippen LogP contribution is 2.09. The first-order chi connectivity index (χ1) is 15.3. The summed E-state index contributed by atoms with van der Waals surface area (Å²) in [6, 6.07) is 5.82. The van der Waals surface area contributed by atoms with Gasteiger partial charge in [-0.1, -0.05) is 19.8 Å². The molecule has 0 aliphatic rings. The summed E-state index contributed by atoms with van der Waals surface area (Å²) in [6.07, 6.45) is 7.96. The highest BCUT2D eigenvalue weighted by molar-refractivity contribution is 5.80. The van der Waals surface area contributed by atoms with E-state index in [1.807, 2.05) is 52.1 Å². The van der Waals surface area contributed by atoms with Gasteiger partial charge < -0.3 is 20.7 Å². The Morgan fingerprint density at radius 3 is 2.72 bits per heavy atom. The first-order valence-corrected chi connectivity index (χ1v) is 11.3. The molecule has 0 aromatic carbocycles. The number of guanidine groups is 1. The van der Waals surface area contributed by atoms with Crippen LogP contribution in [0.25, 0.3) is 5.82 Å². The minimum atomic E-state index is -0.521. The van der Waals surface area contributed by atoms with Gasteiger partial charge in [-0.05, 0) is 57.9 Å². The molecule has 0 saturated carbocycles. The maximum Gasteiger partial charge on any atom is 0.407 e. The maximum absolute atomic E-state index is 12.1. The molecule has 9 nitrogen and oxygen atoms in total. The van der Waals surface area contributed by atoms with Gasteiger partial charge in [-0.25, -0.2) is 19.5 Å². The maximum atomic E-state index is 12.1. The van der Waals surface area contributed by atoms with Crippen molar-refractivity contribution in [1.82, 2.24) is 30.7 Å². The summed E-state index contributed by atoms with van der Waals surface area (Å²) in [6.45, 7) is 11.4. The van der Waals surface area contributed by atoms with E-state index in [0.29, 0.717) is 19.0 Å². The number of rotatable bonds is 10. The third-order valence-corrected chi connectivity index (χ3v) is 4.45. The summed E-state index contributed by atoms with van der Waals surface area (Å²) in [7, 11) is 0. The van der Waals surface area contributed by atoms with Crippen LogP contribution in [0.4, 0.5) is 4.79 Å². The number of carbonyl (C=O) groups excluding carboxylic acids is 1. The number of alkyl carbamates (subject to hydrolysis) is 1. The lowest BCUT2D eigenvalue weighted by atomic mass is 10.1. The fourth-order valence-electron chi connectivity index (χ4n) is 2.97. The Balaban J connectivity index is 2.03. The molecular weight excluding hydrogens is 406 g/mol. The number of hydrogen-bond donors (Lipinski definition) is 3. The topological polar surface area (TPSA) is 105 Å². The summed E-state index contributed by atoms with van der Waals surface area (Å²) in [5.74, 6) is 1.46. The average molecular weight is 444 g/mol. The minimum absolute atomic E-state index is 0.0392. The van der Waals surface area contributed by atoms with Gasteiger partial charge in [-0.3, -0.25) is 0 Å². The largest absolute Gasteiger partial charge is 0.444 e. The fraction of sp³-hybridized carbons (Fsp3) is 0.565. The van der Waals surface area contributed by atoms with Gasteiger partial charge in [0.15, 0.2) is 11.8 Å². The number of amides is 1. The van der Waals surface area contributed by atoms with Crippen molar-refractivity contribution in [3.05, 3.63) is 42.4 Å². The molecule has 2 aromatic rings. The molecule has 3 N–H and O–H groups in total. The molecule has 0 fully saturated rings. The van der Waals surface area contributed by atoms with E-state index in [2.05, 4.69) is 33.0 Å². The number of nitrogens with zero attached hydrogens (tertiary/aromatic N) is 4. The second kappa shape index (κ2) is 12.7. The predicted molar refractivity (Wildman–Crippen MR) is 127 cm³/mol. The number of aliphatic imine (C=N–C) groups is 1. The highest BCUT2D eigenvalue weighted by atomic mass is 16.6. The Bertz CT molecular complexity index is 844. The van der Waals surface area contributed by atoms with Gasteiger partial charge in [0.2, 0.25) is 0 Å². The number of ether oxygens (including phenoxy) is 1. The Morgan fingerprint density at radius 1 is 1.25 bits per heavy atom. The van der Waals surface area contributed by atoms with Crippen LogP contribution in [0.1, 0.15) is 59.4 Å². The van der Waals surface area contributed by atoms with Crippen molar-refractivity contribution in [2.24, 2.45) is 4.99 Å². The lowest BCUT2D eigenvalue weighted by molar-refractivity contribution is 0.0522. The van der Waals surface area contributed by atoms with E-state index in [4.69, 9.17) is 9.73 Å². The van der Waals surface area contributed by atoms with Crippen LogP contribution in [0.2, 0.25) is 0 Å². The Kier molecular flexibility index (Phi) is 9.97. The standard InChI is InChI=1S/C23H37N7O2/c1-6-8-10-19(17-27-22(31)32-23(3,4)5)29-21(24-7-2)26-16-18-11-13-25-20(15-18)30-14-9-12-28-30/h9,11-15,19H,6-8,10,16-17H2,1-5H3,(H,27,31)(H2,24,26,29). The molecule has 0 bridgehead atoms. The number of hydrogen-bond acceptors (Lipinski definition) is 5. The van der Waals surface area contributed by atoms with Gasteiger partial charge in [0.05, 0.1) is 6.54 Å². The van der Waals surface area contributed by atoms with Gasteiger partial charge in [-0.2, -0.15) is 5.10 Å². The summed E-state index contributed by atoms with van der Waals surface area (Å²) < 4.78 is 7.08. The molecule has 2 heterocycles. The summed E-state index contributed by atoms with van der Waals surface area (Å²) in [4.78, 5) is 21.2. The van der Waals surface area contributed by atoms with E-state index < -0.39 is 11.7 Å².